The zero-order valence-corrected chi connectivity index (χ0v) is 54.0. The molecule has 0 aliphatic carbocycles. The van der Waals surface area contributed by atoms with Crippen LogP contribution in [0.3, 0.4) is 0 Å². The van der Waals surface area contributed by atoms with Gasteiger partial charge in [-0.1, -0.05) is 295 Å². The summed E-state index contributed by atoms with van der Waals surface area (Å²) in [7, 11) is -4.40. The zero-order valence-electron chi connectivity index (χ0n) is 53.1. The van der Waals surface area contributed by atoms with Crippen LogP contribution in [-0.4, -0.2) is 49.3 Å². The van der Waals surface area contributed by atoms with E-state index in [1.807, 2.05) is 0 Å². The zero-order chi connectivity index (χ0) is 60.1. The van der Waals surface area contributed by atoms with E-state index in [-0.39, 0.29) is 38.6 Å². The highest BCUT2D eigenvalue weighted by atomic mass is 31.2. The van der Waals surface area contributed by atoms with Crippen LogP contribution in [0.2, 0.25) is 0 Å². The normalized spacial score (nSPS) is 13.8. The number of carbonyl (C=O) groups excluding carboxylic acids is 2. The number of esters is 2. The molecule has 10 heteroatoms. The number of rotatable bonds is 62. The maximum atomic E-state index is 12.8. The van der Waals surface area contributed by atoms with Crippen LogP contribution < -0.4 is 5.73 Å². The number of ether oxygens (including phenoxy) is 2. The van der Waals surface area contributed by atoms with E-state index in [1.54, 1.807) is 0 Å². The van der Waals surface area contributed by atoms with Crippen molar-refractivity contribution in [2.45, 2.75) is 290 Å². The van der Waals surface area contributed by atoms with E-state index < -0.39 is 26.5 Å². The standard InChI is InChI=1S/C73H124NO8P/c1-3-5-7-9-11-13-15-17-19-21-23-25-27-29-31-33-35-37-39-41-43-45-47-49-51-53-55-57-59-61-63-65-72(75)79-69-71(70-81-83(77,78)80-68-67-74)82-73(76)66-64-62-60-58-56-54-52-50-48-46-44-42-40-38-36-34-32-30-28-26-24-22-20-18-16-14-12-10-8-6-4-2/h5-8,11-14,17-20,23-26,29-32,36,38,71H,3-4,9-10,15-16,21-22,27-28,33-35,37,39-70,74H2,1-2H3,(H,77,78)/b7-5-,8-6-,13-11-,14-12-,19-17-,20-18-,25-23-,26-24-,31-29-,32-30-,38-36-. The molecule has 0 aliphatic rings. The molecule has 0 saturated carbocycles. The molecule has 0 fully saturated rings. The first-order valence-corrected chi connectivity index (χ1v) is 35.2. The number of phosphoric ester groups is 1. The van der Waals surface area contributed by atoms with Crippen molar-refractivity contribution in [3.8, 4) is 0 Å². The highest BCUT2D eigenvalue weighted by molar-refractivity contribution is 7.47. The van der Waals surface area contributed by atoms with Gasteiger partial charge in [0.25, 0.3) is 0 Å². The largest absolute Gasteiger partial charge is 0.472 e. The van der Waals surface area contributed by atoms with Gasteiger partial charge in [-0.2, -0.15) is 0 Å². The van der Waals surface area contributed by atoms with Crippen molar-refractivity contribution in [3.63, 3.8) is 0 Å². The van der Waals surface area contributed by atoms with Gasteiger partial charge < -0.3 is 20.1 Å². The molecule has 0 rings (SSSR count). The molecule has 474 valence electrons. The van der Waals surface area contributed by atoms with Gasteiger partial charge in [-0.15, -0.1) is 0 Å². The number of allylic oxidation sites excluding steroid dienone is 22. The summed E-state index contributed by atoms with van der Waals surface area (Å²) in [6, 6.07) is 0. The van der Waals surface area contributed by atoms with Crippen LogP contribution in [0.15, 0.2) is 134 Å². The van der Waals surface area contributed by atoms with Crippen molar-refractivity contribution < 1.29 is 37.6 Å². The Morgan fingerprint density at radius 1 is 0.361 bits per heavy atom. The molecule has 0 spiro atoms. The number of hydrogen-bond donors (Lipinski definition) is 2. The van der Waals surface area contributed by atoms with E-state index >= 15 is 0 Å². The lowest BCUT2D eigenvalue weighted by Gasteiger charge is -2.19. The van der Waals surface area contributed by atoms with Gasteiger partial charge in [-0.3, -0.25) is 18.6 Å². The molecule has 83 heavy (non-hydrogen) atoms. The SMILES string of the molecule is CC/C=C\C/C=C\C/C=C\C/C=C\C/C=C\C/C=C\CCCCCCCCCCCCCCC(=O)OC(COC(=O)CCCCCCCCCCCCCCCCC/C=C\C/C=C\C/C=C\C/C=C\C/C=C\CC)COP(=O)(O)OCCN. The monoisotopic (exact) mass is 1170 g/mol. The first kappa shape index (κ1) is 79.2. The van der Waals surface area contributed by atoms with E-state index in [4.69, 9.17) is 24.3 Å². The Balaban J connectivity index is 3.93. The molecule has 0 aromatic carbocycles. The average molecular weight is 1170 g/mol. The molecule has 0 aromatic heterocycles. The lowest BCUT2D eigenvalue weighted by molar-refractivity contribution is -0.161. The highest BCUT2D eigenvalue weighted by Crippen LogP contribution is 2.43. The maximum absolute atomic E-state index is 12.8. The van der Waals surface area contributed by atoms with E-state index in [0.717, 1.165) is 109 Å². The molecule has 0 aliphatic heterocycles. The topological polar surface area (TPSA) is 134 Å². The number of unbranched alkanes of at least 4 members (excludes halogenated alkanes) is 27. The Morgan fingerprint density at radius 2 is 0.627 bits per heavy atom. The lowest BCUT2D eigenvalue weighted by Crippen LogP contribution is -2.29. The fourth-order valence-corrected chi connectivity index (χ4v) is 9.90. The van der Waals surface area contributed by atoms with Gasteiger partial charge in [0.1, 0.15) is 6.61 Å². The van der Waals surface area contributed by atoms with Crippen LogP contribution >= 0.6 is 7.82 Å². The maximum Gasteiger partial charge on any atom is 0.472 e. The van der Waals surface area contributed by atoms with Crippen molar-refractivity contribution in [2.75, 3.05) is 26.4 Å². The van der Waals surface area contributed by atoms with Gasteiger partial charge in [0.05, 0.1) is 13.2 Å². The van der Waals surface area contributed by atoms with Crippen LogP contribution in [-0.2, 0) is 32.7 Å². The Kier molecular flexibility index (Phi) is 64.2. The highest BCUT2D eigenvalue weighted by Gasteiger charge is 2.26. The first-order chi connectivity index (χ1) is 40.8. The van der Waals surface area contributed by atoms with Gasteiger partial charge in [-0.25, -0.2) is 4.57 Å². The quantitative estimate of drug-likeness (QED) is 0.0264. The summed E-state index contributed by atoms with van der Waals surface area (Å²) in [4.78, 5) is 35.4. The summed E-state index contributed by atoms with van der Waals surface area (Å²) < 4.78 is 33.2. The number of phosphoric acid groups is 1. The fraction of sp³-hybridized carbons (Fsp3) is 0.671. The molecule has 2 unspecified atom stereocenters. The molecule has 0 amide bonds. The van der Waals surface area contributed by atoms with Crippen LogP contribution in [0.5, 0.6) is 0 Å². The Bertz CT molecular complexity index is 1820. The molecular weight excluding hydrogens is 1050 g/mol. The number of carbonyl (C=O) groups is 2. The average Bonchev–Trinajstić information content (AvgIpc) is 3.48. The Labute approximate surface area is 510 Å². The van der Waals surface area contributed by atoms with Crippen molar-refractivity contribution in [3.05, 3.63) is 134 Å². The van der Waals surface area contributed by atoms with Crippen LogP contribution in [0.25, 0.3) is 0 Å². The number of nitrogens with two attached hydrogens (primary N) is 1. The molecule has 3 N–H and O–H groups in total. The fourth-order valence-electron chi connectivity index (χ4n) is 9.14. The summed E-state index contributed by atoms with van der Waals surface area (Å²) >= 11 is 0. The third kappa shape index (κ3) is 67.2. The second kappa shape index (κ2) is 67.3. The first-order valence-electron chi connectivity index (χ1n) is 33.7. The van der Waals surface area contributed by atoms with Crippen molar-refractivity contribution in [1.29, 1.82) is 0 Å². The van der Waals surface area contributed by atoms with E-state index in [2.05, 4.69) is 148 Å². The summed E-state index contributed by atoms with van der Waals surface area (Å²) in [6.45, 7) is 3.53. The molecule has 0 bridgehead atoms. The molecule has 9 nitrogen and oxygen atoms in total. The third-order valence-electron chi connectivity index (χ3n) is 14.0. The van der Waals surface area contributed by atoms with Crippen molar-refractivity contribution in [1.82, 2.24) is 0 Å². The predicted octanol–water partition coefficient (Wildman–Crippen LogP) is 22.1. The van der Waals surface area contributed by atoms with Gasteiger partial charge in [0, 0.05) is 19.4 Å². The molecule has 0 saturated heterocycles. The molecule has 2 atom stereocenters. The van der Waals surface area contributed by atoms with Crippen LogP contribution in [0.4, 0.5) is 0 Å². The third-order valence-corrected chi connectivity index (χ3v) is 15.0. The minimum absolute atomic E-state index is 0.0482. The smallest absolute Gasteiger partial charge is 0.462 e. The van der Waals surface area contributed by atoms with Crippen LogP contribution in [0.1, 0.15) is 284 Å². The predicted molar refractivity (Wildman–Crippen MR) is 357 cm³/mol. The van der Waals surface area contributed by atoms with Gasteiger partial charge in [-0.05, 0) is 109 Å². The summed E-state index contributed by atoms with van der Waals surface area (Å²) in [5.74, 6) is -0.829. The number of hydrogen-bond acceptors (Lipinski definition) is 8. The van der Waals surface area contributed by atoms with E-state index in [9.17, 15) is 19.0 Å². The summed E-state index contributed by atoms with van der Waals surface area (Å²) in [5, 5.41) is 0. The molecular formula is C73H124NO8P. The lowest BCUT2D eigenvalue weighted by atomic mass is 10.0. The van der Waals surface area contributed by atoms with Crippen molar-refractivity contribution >= 4 is 19.8 Å². The van der Waals surface area contributed by atoms with E-state index in [0.29, 0.717) is 6.42 Å². The minimum atomic E-state index is -4.40. The second-order valence-corrected chi connectivity index (χ2v) is 23.4. The van der Waals surface area contributed by atoms with Crippen molar-refractivity contribution in [2.24, 2.45) is 5.73 Å². The molecule has 0 aromatic rings. The second-order valence-electron chi connectivity index (χ2n) is 21.9. The van der Waals surface area contributed by atoms with Crippen LogP contribution in [0, 0.1) is 0 Å². The minimum Gasteiger partial charge on any atom is -0.462 e. The van der Waals surface area contributed by atoms with Gasteiger partial charge in [0.15, 0.2) is 6.10 Å². The van der Waals surface area contributed by atoms with E-state index in [1.165, 1.54) is 141 Å². The summed E-state index contributed by atoms with van der Waals surface area (Å²) in [6.07, 6.45) is 95.3. The molecule has 0 heterocycles. The summed E-state index contributed by atoms with van der Waals surface area (Å²) in [5.41, 5.74) is 5.40. The van der Waals surface area contributed by atoms with Gasteiger partial charge >= 0.3 is 19.8 Å². The molecule has 0 radical (unpaired) electrons. The Morgan fingerprint density at radius 3 is 0.928 bits per heavy atom. The van der Waals surface area contributed by atoms with Gasteiger partial charge in [0.2, 0.25) is 0 Å². The Hall–Kier alpha value is -3.85.